The molecule has 5 rings (SSSR count). The summed E-state index contributed by atoms with van der Waals surface area (Å²) in [7, 11) is 0. The third kappa shape index (κ3) is 3.53. The molecule has 162 valence electrons. The van der Waals surface area contributed by atoms with Gasteiger partial charge in [-0.25, -0.2) is 13.9 Å². The number of aromatic nitrogens is 3. The summed E-state index contributed by atoms with van der Waals surface area (Å²) in [5.74, 6) is -0.351. The van der Waals surface area contributed by atoms with E-state index in [0.29, 0.717) is 35.9 Å². The van der Waals surface area contributed by atoms with Crippen LogP contribution in [0.1, 0.15) is 45.8 Å². The Morgan fingerprint density at radius 3 is 2.94 bits per heavy atom. The summed E-state index contributed by atoms with van der Waals surface area (Å²) >= 11 is 6.31. The van der Waals surface area contributed by atoms with Crippen molar-refractivity contribution in [2.75, 3.05) is 13.1 Å². The molecule has 2 aliphatic heterocycles. The van der Waals surface area contributed by atoms with Crippen molar-refractivity contribution in [2.24, 2.45) is 0 Å². The summed E-state index contributed by atoms with van der Waals surface area (Å²) in [5, 5.41) is 8.49. The third-order valence-corrected chi connectivity index (χ3v) is 6.51. The summed E-state index contributed by atoms with van der Waals surface area (Å²) in [6.07, 6.45) is 1.78. The van der Waals surface area contributed by atoms with E-state index in [0.717, 1.165) is 42.0 Å². The maximum atomic E-state index is 13.9. The van der Waals surface area contributed by atoms with Gasteiger partial charge in [-0.15, -0.1) is 0 Å². The number of carbonyl (C=O) groups is 1. The molecular formula is C22H23ClFN5O2. The lowest BCUT2D eigenvalue weighted by molar-refractivity contribution is 0.0740. The van der Waals surface area contributed by atoms with Crippen molar-refractivity contribution in [3.05, 3.63) is 57.2 Å². The zero-order chi connectivity index (χ0) is 21.7. The molecule has 0 bridgehead atoms. The number of amides is 1. The second-order valence-electron chi connectivity index (χ2n) is 8.15. The molecule has 1 fully saturated rings. The van der Waals surface area contributed by atoms with Crippen LogP contribution in [-0.4, -0.2) is 44.6 Å². The minimum absolute atomic E-state index is 0.0815. The first-order valence-electron chi connectivity index (χ1n) is 10.4. The third-order valence-electron chi connectivity index (χ3n) is 5.96. The topological polar surface area (TPSA) is 71.8 Å². The number of rotatable bonds is 3. The van der Waals surface area contributed by atoms with Crippen LogP contribution in [0.3, 0.4) is 0 Å². The standard InChI is InChI=1S/C22H23ClFN5O2/c1-12-20(23)13(2)29-21(26-12)17-10-28(11-18(17)27-29)22(30)16-6-5-14(24)8-19(16)31-15-4-3-7-25-9-15/h5-6,8,15,25H,3-4,7,9-11H2,1-2H3/t15-/m0/s1. The fraction of sp³-hybridized carbons (Fsp3) is 0.409. The lowest BCUT2D eigenvalue weighted by atomic mass is 10.1. The number of fused-ring (bicyclic) bond motifs is 3. The molecule has 0 radical (unpaired) electrons. The van der Waals surface area contributed by atoms with Gasteiger partial charge < -0.3 is 15.0 Å². The van der Waals surface area contributed by atoms with Gasteiger partial charge in [0.05, 0.1) is 40.8 Å². The number of ether oxygens (including phenoxy) is 1. The molecule has 31 heavy (non-hydrogen) atoms. The largest absolute Gasteiger partial charge is 0.488 e. The minimum Gasteiger partial charge on any atom is -0.488 e. The van der Waals surface area contributed by atoms with Crippen molar-refractivity contribution in [1.29, 1.82) is 0 Å². The van der Waals surface area contributed by atoms with Crippen LogP contribution in [0.2, 0.25) is 5.02 Å². The highest BCUT2D eigenvalue weighted by Gasteiger charge is 2.32. The Kier molecular flexibility index (Phi) is 5.06. The van der Waals surface area contributed by atoms with E-state index in [2.05, 4.69) is 15.4 Å². The summed E-state index contributed by atoms with van der Waals surface area (Å²) in [5.41, 5.74) is 4.34. The van der Waals surface area contributed by atoms with E-state index < -0.39 is 5.82 Å². The van der Waals surface area contributed by atoms with Crippen LogP contribution in [0.4, 0.5) is 4.39 Å². The molecule has 2 aliphatic rings. The predicted octanol–water partition coefficient (Wildman–Crippen LogP) is 3.43. The fourth-order valence-electron chi connectivity index (χ4n) is 4.30. The van der Waals surface area contributed by atoms with Gasteiger partial charge in [0.1, 0.15) is 17.7 Å². The number of benzene rings is 1. The maximum absolute atomic E-state index is 13.9. The Morgan fingerprint density at radius 2 is 2.16 bits per heavy atom. The number of hydrogen-bond donors (Lipinski definition) is 1. The monoisotopic (exact) mass is 443 g/mol. The number of hydrogen-bond acceptors (Lipinski definition) is 5. The van der Waals surface area contributed by atoms with Gasteiger partial charge in [0, 0.05) is 18.2 Å². The van der Waals surface area contributed by atoms with E-state index in [1.54, 1.807) is 9.42 Å². The molecule has 1 aromatic carbocycles. The van der Waals surface area contributed by atoms with Gasteiger partial charge in [-0.1, -0.05) is 11.6 Å². The average molecular weight is 444 g/mol. The van der Waals surface area contributed by atoms with Crippen LogP contribution < -0.4 is 10.1 Å². The van der Waals surface area contributed by atoms with Gasteiger partial charge in [-0.05, 0) is 45.4 Å². The summed E-state index contributed by atoms with van der Waals surface area (Å²) in [4.78, 5) is 19.6. The Balaban J connectivity index is 1.43. The molecule has 4 heterocycles. The summed E-state index contributed by atoms with van der Waals surface area (Å²) in [6, 6.07) is 4.09. The zero-order valence-electron chi connectivity index (χ0n) is 17.4. The van der Waals surface area contributed by atoms with Crippen molar-refractivity contribution in [1.82, 2.24) is 24.8 Å². The number of aryl methyl sites for hydroxylation is 2. The SMILES string of the molecule is Cc1nc2c3c(nn2c(C)c1Cl)CN(C(=O)c1ccc(F)cc1O[C@H]1CCCNC1)C3. The first-order chi connectivity index (χ1) is 14.9. The smallest absolute Gasteiger partial charge is 0.258 e. The quantitative estimate of drug-likeness (QED) is 0.671. The van der Waals surface area contributed by atoms with E-state index in [1.807, 2.05) is 13.8 Å². The normalized spacial score (nSPS) is 18.5. The van der Waals surface area contributed by atoms with Crippen molar-refractivity contribution >= 4 is 23.2 Å². The molecule has 0 saturated carbocycles. The highest BCUT2D eigenvalue weighted by Crippen LogP contribution is 2.32. The van der Waals surface area contributed by atoms with E-state index in [9.17, 15) is 9.18 Å². The van der Waals surface area contributed by atoms with Crippen molar-refractivity contribution in [2.45, 2.75) is 45.9 Å². The highest BCUT2D eigenvalue weighted by atomic mass is 35.5. The predicted molar refractivity (Wildman–Crippen MR) is 114 cm³/mol. The molecule has 1 saturated heterocycles. The van der Waals surface area contributed by atoms with Crippen molar-refractivity contribution in [3.8, 4) is 5.75 Å². The molecule has 0 spiro atoms. The molecule has 2 aromatic heterocycles. The molecule has 1 N–H and O–H groups in total. The summed E-state index contributed by atoms with van der Waals surface area (Å²) in [6.45, 7) is 6.12. The lowest BCUT2D eigenvalue weighted by Gasteiger charge is -2.26. The van der Waals surface area contributed by atoms with Crippen LogP contribution >= 0.6 is 11.6 Å². The van der Waals surface area contributed by atoms with Crippen LogP contribution in [0.5, 0.6) is 5.75 Å². The fourth-order valence-corrected chi connectivity index (χ4v) is 4.42. The first kappa shape index (κ1) is 20.2. The molecule has 1 atom stereocenters. The lowest BCUT2D eigenvalue weighted by Crippen LogP contribution is -2.37. The van der Waals surface area contributed by atoms with Gasteiger partial charge in [-0.2, -0.15) is 5.10 Å². The number of nitrogens with zero attached hydrogens (tertiary/aromatic N) is 4. The number of piperidine rings is 1. The number of halogens is 2. The molecule has 9 heteroatoms. The second-order valence-corrected chi connectivity index (χ2v) is 8.52. The van der Waals surface area contributed by atoms with Gasteiger partial charge in [0.15, 0.2) is 5.65 Å². The van der Waals surface area contributed by atoms with Crippen molar-refractivity contribution in [3.63, 3.8) is 0 Å². The minimum atomic E-state index is -0.426. The molecule has 7 nitrogen and oxygen atoms in total. The Labute approximate surface area is 184 Å². The summed E-state index contributed by atoms with van der Waals surface area (Å²) < 4.78 is 21.7. The molecule has 0 unspecified atom stereocenters. The van der Waals surface area contributed by atoms with E-state index >= 15 is 0 Å². The van der Waals surface area contributed by atoms with Crippen molar-refractivity contribution < 1.29 is 13.9 Å². The van der Waals surface area contributed by atoms with Gasteiger partial charge in [0.2, 0.25) is 0 Å². The van der Waals surface area contributed by atoms with Gasteiger partial charge in [0.25, 0.3) is 5.91 Å². The first-order valence-corrected chi connectivity index (χ1v) is 10.8. The van der Waals surface area contributed by atoms with Gasteiger partial charge >= 0.3 is 0 Å². The van der Waals surface area contributed by atoms with Gasteiger partial charge in [-0.3, -0.25) is 4.79 Å². The Bertz CT molecular complexity index is 1190. The average Bonchev–Trinajstić information content (AvgIpc) is 3.32. The van der Waals surface area contributed by atoms with Crippen LogP contribution in [-0.2, 0) is 13.1 Å². The van der Waals surface area contributed by atoms with Crippen LogP contribution in [0, 0.1) is 19.7 Å². The number of carbonyl (C=O) groups excluding carboxylic acids is 1. The van der Waals surface area contributed by atoms with E-state index in [4.69, 9.17) is 16.3 Å². The molecule has 1 amide bonds. The Hall–Kier alpha value is -2.71. The van der Waals surface area contributed by atoms with E-state index in [-0.39, 0.29) is 17.8 Å². The molecular weight excluding hydrogens is 421 g/mol. The molecule has 3 aromatic rings. The maximum Gasteiger partial charge on any atom is 0.258 e. The Morgan fingerprint density at radius 1 is 1.32 bits per heavy atom. The van der Waals surface area contributed by atoms with Crippen LogP contribution in [0.15, 0.2) is 18.2 Å². The number of nitrogens with one attached hydrogen (secondary N) is 1. The zero-order valence-corrected chi connectivity index (χ0v) is 18.2. The van der Waals surface area contributed by atoms with Crippen LogP contribution in [0.25, 0.3) is 5.65 Å². The van der Waals surface area contributed by atoms with E-state index in [1.165, 1.54) is 18.2 Å². The molecule has 0 aliphatic carbocycles. The highest BCUT2D eigenvalue weighted by molar-refractivity contribution is 6.31. The second kappa shape index (κ2) is 7.76.